The number of anilines is 1. The Morgan fingerprint density at radius 2 is 2.00 bits per heavy atom. The maximum atomic E-state index is 12.5. The summed E-state index contributed by atoms with van der Waals surface area (Å²) in [4.78, 5) is 15.5. The Kier molecular flexibility index (Phi) is 4.97. The summed E-state index contributed by atoms with van der Waals surface area (Å²) < 4.78 is 0. The monoisotopic (exact) mass is 292 g/mol. The summed E-state index contributed by atoms with van der Waals surface area (Å²) in [5.41, 5.74) is 7.90. The van der Waals surface area contributed by atoms with Crippen LogP contribution in [0.5, 0.6) is 0 Å². The van der Waals surface area contributed by atoms with Gasteiger partial charge in [-0.25, -0.2) is 0 Å². The summed E-state index contributed by atoms with van der Waals surface area (Å²) >= 11 is 1.55. The van der Waals surface area contributed by atoms with Crippen molar-refractivity contribution in [3.63, 3.8) is 0 Å². The molecule has 2 unspecified atom stereocenters. The van der Waals surface area contributed by atoms with E-state index in [1.807, 2.05) is 19.1 Å². The number of carbonyl (C=O) groups is 1. The van der Waals surface area contributed by atoms with Crippen molar-refractivity contribution in [2.45, 2.75) is 57.0 Å². The predicted molar refractivity (Wildman–Crippen MR) is 85.9 cm³/mol. The van der Waals surface area contributed by atoms with E-state index in [1.54, 1.807) is 11.8 Å². The molecule has 1 saturated heterocycles. The van der Waals surface area contributed by atoms with E-state index in [2.05, 4.69) is 24.8 Å². The Labute approximate surface area is 125 Å². The van der Waals surface area contributed by atoms with E-state index >= 15 is 0 Å². The first kappa shape index (κ1) is 15.2. The van der Waals surface area contributed by atoms with Gasteiger partial charge in [-0.2, -0.15) is 0 Å². The molecule has 2 N–H and O–H groups in total. The van der Waals surface area contributed by atoms with E-state index in [1.165, 1.54) is 12.0 Å². The molecule has 4 heteroatoms. The van der Waals surface area contributed by atoms with Crippen LogP contribution in [-0.4, -0.2) is 28.6 Å². The molecule has 0 aromatic heterocycles. The van der Waals surface area contributed by atoms with Gasteiger partial charge in [-0.05, 0) is 57.7 Å². The Bertz CT molecular complexity index is 479. The number of benzene rings is 1. The predicted octanol–water partition coefficient (Wildman–Crippen LogP) is 3.46. The van der Waals surface area contributed by atoms with Crippen molar-refractivity contribution in [2.24, 2.45) is 0 Å². The highest BCUT2D eigenvalue weighted by atomic mass is 32.2. The Morgan fingerprint density at radius 1 is 1.35 bits per heavy atom. The van der Waals surface area contributed by atoms with Crippen molar-refractivity contribution >= 4 is 23.4 Å². The van der Waals surface area contributed by atoms with E-state index in [0.717, 1.165) is 23.4 Å². The minimum atomic E-state index is 0.232. The van der Waals surface area contributed by atoms with Crippen LogP contribution in [0.3, 0.4) is 0 Å². The van der Waals surface area contributed by atoms with Gasteiger partial charge in [-0.1, -0.05) is 6.07 Å². The number of rotatable bonds is 3. The second kappa shape index (κ2) is 6.53. The summed E-state index contributed by atoms with van der Waals surface area (Å²) in [5, 5.41) is 0. The minimum absolute atomic E-state index is 0.232. The van der Waals surface area contributed by atoms with Gasteiger partial charge in [0.15, 0.2) is 0 Å². The Balaban J connectivity index is 1.99. The van der Waals surface area contributed by atoms with Crippen LogP contribution in [0.1, 0.15) is 38.7 Å². The number of nitrogen functional groups attached to an aromatic ring is 1. The van der Waals surface area contributed by atoms with Crippen LogP contribution in [0.2, 0.25) is 0 Å². The second-order valence-electron chi connectivity index (χ2n) is 5.76. The molecular formula is C16H24N2OS. The van der Waals surface area contributed by atoms with E-state index in [0.29, 0.717) is 17.8 Å². The lowest BCUT2D eigenvalue weighted by Gasteiger charge is -2.39. The lowest BCUT2D eigenvalue weighted by Crippen LogP contribution is -2.48. The standard InChI is InChI=1S/C16H24N2OS/c1-11-7-8-14(17)15(9-11)20-10-16(19)18-12(2)5-4-6-13(18)3/h7-9,12-13H,4-6,10,17H2,1-3H3. The van der Waals surface area contributed by atoms with Gasteiger partial charge in [0, 0.05) is 22.7 Å². The van der Waals surface area contributed by atoms with E-state index in [9.17, 15) is 4.79 Å². The number of hydrogen-bond donors (Lipinski definition) is 1. The van der Waals surface area contributed by atoms with E-state index in [4.69, 9.17) is 5.73 Å². The van der Waals surface area contributed by atoms with Crippen molar-refractivity contribution in [3.8, 4) is 0 Å². The van der Waals surface area contributed by atoms with Crippen LogP contribution in [0.15, 0.2) is 23.1 Å². The van der Waals surface area contributed by atoms with Gasteiger partial charge in [0.25, 0.3) is 0 Å². The quantitative estimate of drug-likeness (QED) is 0.685. The van der Waals surface area contributed by atoms with Crippen molar-refractivity contribution < 1.29 is 4.79 Å². The molecule has 0 saturated carbocycles. The van der Waals surface area contributed by atoms with Crippen LogP contribution in [-0.2, 0) is 4.79 Å². The SMILES string of the molecule is Cc1ccc(N)c(SCC(=O)N2C(C)CCCC2C)c1. The largest absolute Gasteiger partial charge is 0.398 e. The number of nitrogens with two attached hydrogens (primary N) is 1. The molecule has 2 atom stereocenters. The third-order valence-electron chi connectivity index (χ3n) is 4.00. The number of aryl methyl sites for hydroxylation is 1. The fourth-order valence-corrected chi connectivity index (χ4v) is 3.83. The highest BCUT2D eigenvalue weighted by Crippen LogP contribution is 2.28. The van der Waals surface area contributed by atoms with Crippen LogP contribution < -0.4 is 5.73 Å². The van der Waals surface area contributed by atoms with Crippen LogP contribution in [0.4, 0.5) is 5.69 Å². The topological polar surface area (TPSA) is 46.3 Å². The van der Waals surface area contributed by atoms with Crippen LogP contribution in [0, 0.1) is 6.92 Å². The third-order valence-corrected chi connectivity index (χ3v) is 5.06. The molecule has 1 aromatic carbocycles. The van der Waals surface area contributed by atoms with E-state index in [-0.39, 0.29) is 5.91 Å². The lowest BCUT2D eigenvalue weighted by atomic mass is 9.98. The first-order valence-electron chi connectivity index (χ1n) is 7.29. The van der Waals surface area contributed by atoms with Crippen molar-refractivity contribution in [1.29, 1.82) is 0 Å². The van der Waals surface area contributed by atoms with Gasteiger partial charge in [-0.15, -0.1) is 11.8 Å². The number of likely N-dealkylation sites (tertiary alicyclic amines) is 1. The molecule has 20 heavy (non-hydrogen) atoms. The van der Waals surface area contributed by atoms with Crippen LogP contribution in [0.25, 0.3) is 0 Å². The average molecular weight is 292 g/mol. The molecule has 1 amide bonds. The molecule has 110 valence electrons. The Morgan fingerprint density at radius 3 is 2.65 bits per heavy atom. The molecule has 0 spiro atoms. The molecular weight excluding hydrogens is 268 g/mol. The molecule has 0 aliphatic carbocycles. The highest BCUT2D eigenvalue weighted by molar-refractivity contribution is 8.00. The van der Waals surface area contributed by atoms with Crippen molar-refractivity contribution in [2.75, 3.05) is 11.5 Å². The third kappa shape index (κ3) is 3.48. The molecule has 1 aliphatic heterocycles. The fourth-order valence-electron chi connectivity index (χ4n) is 2.89. The second-order valence-corrected chi connectivity index (χ2v) is 6.78. The number of nitrogens with zero attached hydrogens (tertiary/aromatic N) is 1. The number of carbonyl (C=O) groups excluding carboxylic acids is 1. The summed E-state index contributed by atoms with van der Waals surface area (Å²) in [5.74, 6) is 0.707. The van der Waals surface area contributed by atoms with Crippen molar-refractivity contribution in [1.82, 2.24) is 4.90 Å². The van der Waals surface area contributed by atoms with Crippen molar-refractivity contribution in [3.05, 3.63) is 23.8 Å². The highest BCUT2D eigenvalue weighted by Gasteiger charge is 2.28. The summed E-state index contributed by atoms with van der Waals surface area (Å²) in [6.07, 6.45) is 3.46. The first-order valence-corrected chi connectivity index (χ1v) is 8.27. The van der Waals surface area contributed by atoms with Gasteiger partial charge in [0.1, 0.15) is 0 Å². The number of piperidine rings is 1. The maximum Gasteiger partial charge on any atom is 0.233 e. The van der Waals surface area contributed by atoms with Gasteiger partial charge < -0.3 is 10.6 Å². The van der Waals surface area contributed by atoms with Gasteiger partial charge in [0.2, 0.25) is 5.91 Å². The molecule has 0 bridgehead atoms. The maximum absolute atomic E-state index is 12.5. The summed E-state index contributed by atoms with van der Waals surface area (Å²) in [6.45, 7) is 6.35. The molecule has 3 nitrogen and oxygen atoms in total. The molecule has 1 aromatic rings. The zero-order valence-corrected chi connectivity index (χ0v) is 13.4. The van der Waals surface area contributed by atoms with Crippen LogP contribution >= 0.6 is 11.8 Å². The van der Waals surface area contributed by atoms with E-state index < -0.39 is 0 Å². The van der Waals surface area contributed by atoms with Gasteiger partial charge >= 0.3 is 0 Å². The Hall–Kier alpha value is -1.16. The fraction of sp³-hybridized carbons (Fsp3) is 0.562. The number of amides is 1. The molecule has 2 rings (SSSR count). The number of hydrogen-bond acceptors (Lipinski definition) is 3. The molecule has 1 heterocycles. The first-order chi connectivity index (χ1) is 9.49. The van der Waals surface area contributed by atoms with Gasteiger partial charge in [-0.3, -0.25) is 4.79 Å². The molecule has 1 fully saturated rings. The average Bonchev–Trinajstić information content (AvgIpc) is 2.39. The summed E-state index contributed by atoms with van der Waals surface area (Å²) in [7, 11) is 0. The minimum Gasteiger partial charge on any atom is -0.398 e. The normalized spacial score (nSPS) is 22.9. The molecule has 0 radical (unpaired) electrons. The van der Waals surface area contributed by atoms with Gasteiger partial charge in [0.05, 0.1) is 5.75 Å². The lowest BCUT2D eigenvalue weighted by molar-refractivity contribution is -0.134. The zero-order chi connectivity index (χ0) is 14.7. The molecule has 1 aliphatic rings. The smallest absolute Gasteiger partial charge is 0.233 e. The number of thioether (sulfide) groups is 1. The summed E-state index contributed by atoms with van der Waals surface area (Å²) in [6, 6.07) is 6.68. The zero-order valence-electron chi connectivity index (χ0n) is 12.6.